The minimum atomic E-state index is -3.57. The molecule has 0 aliphatic rings. The standard InChI is InChI=1S/C14H14BrNO2S/c1-10-3-6-12(7-4-10)16-19(17,18)14-8-5-11(2)9-13(14)15/h3-9,16H,1-2H3. The van der Waals surface area contributed by atoms with E-state index in [0.29, 0.717) is 10.2 Å². The van der Waals surface area contributed by atoms with Gasteiger partial charge in [-0.15, -0.1) is 0 Å². The van der Waals surface area contributed by atoms with Gasteiger partial charge in [0, 0.05) is 10.2 Å². The first kappa shape index (κ1) is 14.1. The Hall–Kier alpha value is -1.33. The molecule has 0 aliphatic heterocycles. The van der Waals surface area contributed by atoms with E-state index in [9.17, 15) is 8.42 Å². The minimum absolute atomic E-state index is 0.235. The molecular weight excluding hydrogens is 326 g/mol. The number of hydrogen-bond donors (Lipinski definition) is 1. The number of rotatable bonds is 3. The Morgan fingerprint density at radius 3 is 2.11 bits per heavy atom. The van der Waals surface area contributed by atoms with Crippen molar-refractivity contribution in [2.45, 2.75) is 18.7 Å². The van der Waals surface area contributed by atoms with Gasteiger partial charge in [-0.2, -0.15) is 0 Å². The fourth-order valence-corrected chi connectivity index (χ4v) is 3.91. The Morgan fingerprint density at radius 1 is 0.947 bits per heavy atom. The molecule has 0 aliphatic carbocycles. The van der Waals surface area contributed by atoms with E-state index in [1.807, 2.05) is 26.0 Å². The molecule has 100 valence electrons. The molecule has 5 heteroatoms. The zero-order valence-corrected chi connectivity index (χ0v) is 13.0. The maximum atomic E-state index is 12.3. The quantitative estimate of drug-likeness (QED) is 0.922. The first-order valence-corrected chi connectivity index (χ1v) is 8.02. The zero-order chi connectivity index (χ0) is 14.0. The Balaban J connectivity index is 2.35. The fourth-order valence-electron chi connectivity index (χ4n) is 1.66. The summed E-state index contributed by atoms with van der Waals surface area (Å²) in [6, 6.07) is 12.4. The molecule has 0 unspecified atom stereocenters. The van der Waals surface area contributed by atoms with E-state index in [1.54, 1.807) is 30.3 Å². The molecule has 2 aromatic rings. The molecular formula is C14H14BrNO2S. The first-order valence-electron chi connectivity index (χ1n) is 5.74. The van der Waals surface area contributed by atoms with Crippen molar-refractivity contribution < 1.29 is 8.42 Å². The van der Waals surface area contributed by atoms with E-state index < -0.39 is 10.0 Å². The molecule has 1 N–H and O–H groups in total. The van der Waals surface area contributed by atoms with Gasteiger partial charge in [0.15, 0.2) is 0 Å². The lowest BCUT2D eigenvalue weighted by molar-refractivity contribution is 0.600. The lowest BCUT2D eigenvalue weighted by atomic mass is 10.2. The second kappa shape index (κ2) is 5.35. The van der Waals surface area contributed by atoms with Gasteiger partial charge in [0.25, 0.3) is 10.0 Å². The molecule has 19 heavy (non-hydrogen) atoms. The van der Waals surface area contributed by atoms with E-state index in [0.717, 1.165) is 11.1 Å². The Labute approximate surface area is 121 Å². The van der Waals surface area contributed by atoms with Gasteiger partial charge in [0.2, 0.25) is 0 Å². The predicted molar refractivity (Wildman–Crippen MR) is 80.9 cm³/mol. The molecule has 0 bridgehead atoms. The molecule has 0 aromatic heterocycles. The van der Waals surface area contributed by atoms with Crippen LogP contribution in [0, 0.1) is 13.8 Å². The van der Waals surface area contributed by atoms with Crippen LogP contribution in [0.15, 0.2) is 51.8 Å². The van der Waals surface area contributed by atoms with Crippen molar-refractivity contribution in [1.29, 1.82) is 0 Å². The molecule has 3 nitrogen and oxygen atoms in total. The average molecular weight is 340 g/mol. The summed E-state index contributed by atoms with van der Waals surface area (Å²) in [4.78, 5) is 0.235. The summed E-state index contributed by atoms with van der Waals surface area (Å²) in [5.41, 5.74) is 2.64. The largest absolute Gasteiger partial charge is 0.280 e. The second-order valence-corrected chi connectivity index (χ2v) is 6.91. The van der Waals surface area contributed by atoms with Crippen molar-refractivity contribution in [3.05, 3.63) is 58.1 Å². The van der Waals surface area contributed by atoms with Crippen LogP contribution in [0.3, 0.4) is 0 Å². The third-order valence-corrected chi connectivity index (χ3v) is 5.04. The van der Waals surface area contributed by atoms with Gasteiger partial charge in [0.1, 0.15) is 4.90 Å². The van der Waals surface area contributed by atoms with Crippen LogP contribution >= 0.6 is 15.9 Å². The van der Waals surface area contributed by atoms with Crippen LogP contribution in [0.25, 0.3) is 0 Å². The number of halogens is 1. The predicted octanol–water partition coefficient (Wildman–Crippen LogP) is 3.87. The Kier molecular flexibility index (Phi) is 3.96. The number of aryl methyl sites for hydroxylation is 2. The smallest absolute Gasteiger partial charge is 0.263 e. The first-order chi connectivity index (χ1) is 8.88. The summed E-state index contributed by atoms with van der Waals surface area (Å²) in [5, 5.41) is 0. The number of sulfonamides is 1. The van der Waals surface area contributed by atoms with E-state index in [2.05, 4.69) is 20.7 Å². The number of hydrogen-bond acceptors (Lipinski definition) is 2. The van der Waals surface area contributed by atoms with Crippen LogP contribution < -0.4 is 4.72 Å². The van der Waals surface area contributed by atoms with Gasteiger partial charge >= 0.3 is 0 Å². The second-order valence-electron chi connectivity index (χ2n) is 4.41. The summed E-state index contributed by atoms with van der Waals surface area (Å²) in [5.74, 6) is 0. The van der Waals surface area contributed by atoms with Crippen molar-refractivity contribution >= 4 is 31.6 Å². The molecule has 0 saturated heterocycles. The van der Waals surface area contributed by atoms with Crippen LogP contribution in [0.4, 0.5) is 5.69 Å². The molecule has 0 saturated carbocycles. The molecule has 0 atom stereocenters. The van der Waals surface area contributed by atoms with Crippen LogP contribution in [0.2, 0.25) is 0 Å². The normalized spacial score (nSPS) is 11.3. The highest BCUT2D eigenvalue weighted by atomic mass is 79.9. The number of anilines is 1. The van der Waals surface area contributed by atoms with Crippen molar-refractivity contribution in [2.75, 3.05) is 4.72 Å². The van der Waals surface area contributed by atoms with Gasteiger partial charge < -0.3 is 0 Å². The van der Waals surface area contributed by atoms with Gasteiger partial charge in [-0.1, -0.05) is 23.8 Å². The maximum absolute atomic E-state index is 12.3. The van der Waals surface area contributed by atoms with E-state index in [1.165, 1.54) is 0 Å². The highest BCUT2D eigenvalue weighted by Crippen LogP contribution is 2.25. The average Bonchev–Trinajstić information content (AvgIpc) is 2.31. The van der Waals surface area contributed by atoms with Gasteiger partial charge in [0.05, 0.1) is 0 Å². The molecule has 0 amide bonds. The highest BCUT2D eigenvalue weighted by molar-refractivity contribution is 9.10. The van der Waals surface area contributed by atoms with Crippen molar-refractivity contribution in [2.24, 2.45) is 0 Å². The molecule has 0 fully saturated rings. The summed E-state index contributed by atoms with van der Waals surface area (Å²) >= 11 is 3.29. The van der Waals surface area contributed by atoms with E-state index in [4.69, 9.17) is 0 Å². The summed E-state index contributed by atoms with van der Waals surface area (Å²) in [6.07, 6.45) is 0. The number of benzene rings is 2. The lowest BCUT2D eigenvalue weighted by Crippen LogP contribution is -2.13. The Bertz CT molecular complexity index is 694. The van der Waals surface area contributed by atoms with Crippen molar-refractivity contribution in [3.63, 3.8) is 0 Å². The van der Waals surface area contributed by atoms with Gasteiger partial charge in [-0.25, -0.2) is 8.42 Å². The van der Waals surface area contributed by atoms with Crippen LogP contribution in [0.1, 0.15) is 11.1 Å². The third-order valence-electron chi connectivity index (χ3n) is 2.68. The van der Waals surface area contributed by atoms with Crippen molar-refractivity contribution in [1.82, 2.24) is 0 Å². The SMILES string of the molecule is Cc1ccc(NS(=O)(=O)c2ccc(C)cc2Br)cc1. The topological polar surface area (TPSA) is 46.2 Å². The van der Waals surface area contributed by atoms with Gasteiger partial charge in [-0.05, 0) is 59.6 Å². The fraction of sp³-hybridized carbons (Fsp3) is 0.143. The monoisotopic (exact) mass is 339 g/mol. The molecule has 2 aromatic carbocycles. The van der Waals surface area contributed by atoms with E-state index in [-0.39, 0.29) is 4.90 Å². The molecule has 0 heterocycles. The highest BCUT2D eigenvalue weighted by Gasteiger charge is 2.17. The molecule has 2 rings (SSSR count). The Morgan fingerprint density at radius 2 is 1.53 bits per heavy atom. The van der Waals surface area contributed by atoms with Gasteiger partial charge in [-0.3, -0.25) is 4.72 Å². The summed E-state index contributed by atoms with van der Waals surface area (Å²) < 4.78 is 27.7. The van der Waals surface area contributed by atoms with Crippen LogP contribution in [-0.2, 0) is 10.0 Å². The van der Waals surface area contributed by atoms with Crippen molar-refractivity contribution in [3.8, 4) is 0 Å². The van der Waals surface area contributed by atoms with Crippen LogP contribution in [-0.4, -0.2) is 8.42 Å². The summed E-state index contributed by atoms with van der Waals surface area (Å²) in [7, 11) is -3.57. The number of nitrogens with one attached hydrogen (secondary N) is 1. The zero-order valence-electron chi connectivity index (χ0n) is 10.6. The summed E-state index contributed by atoms with van der Waals surface area (Å²) in [6.45, 7) is 3.86. The molecule has 0 spiro atoms. The third kappa shape index (κ3) is 3.36. The molecule has 0 radical (unpaired) electrons. The van der Waals surface area contributed by atoms with E-state index >= 15 is 0 Å². The minimum Gasteiger partial charge on any atom is -0.280 e. The maximum Gasteiger partial charge on any atom is 0.263 e. The van der Waals surface area contributed by atoms with Crippen LogP contribution in [0.5, 0.6) is 0 Å². The lowest BCUT2D eigenvalue weighted by Gasteiger charge is -2.10.